The van der Waals surface area contributed by atoms with Gasteiger partial charge in [-0.25, -0.2) is 0 Å². The minimum absolute atomic E-state index is 0.0396. The molecule has 0 bridgehead atoms. The number of carbonyl (C=O) groups is 1. The van der Waals surface area contributed by atoms with E-state index in [4.69, 9.17) is 9.47 Å². The number of carbonyl (C=O) groups excluding carboxylic acids is 1. The van der Waals surface area contributed by atoms with Gasteiger partial charge < -0.3 is 35.0 Å². The largest absolute Gasteiger partial charge is 0.396 e. The smallest absolute Gasteiger partial charge is 0.203 e. The normalized spacial score (nSPS) is 54.4. The van der Waals surface area contributed by atoms with Gasteiger partial charge in [-0.15, -0.1) is 0 Å². The number of aliphatic hydroxyl groups excluding tert-OH is 5. The Kier molecular flexibility index (Phi) is 5.26. The van der Waals surface area contributed by atoms with E-state index >= 15 is 0 Å². The summed E-state index contributed by atoms with van der Waals surface area (Å²) in [6, 6.07) is 0. The summed E-state index contributed by atoms with van der Waals surface area (Å²) in [6.45, 7) is 3.71. The lowest BCUT2D eigenvalue weighted by atomic mass is 9.51. The first-order chi connectivity index (χ1) is 16.1. The lowest BCUT2D eigenvalue weighted by Gasteiger charge is -2.54. The van der Waals surface area contributed by atoms with Crippen LogP contribution in [0.1, 0.15) is 46.0 Å². The Bertz CT molecular complexity index is 958. The highest BCUT2D eigenvalue weighted by Crippen LogP contribution is 2.63. The molecule has 0 unspecified atom stereocenters. The van der Waals surface area contributed by atoms with Gasteiger partial charge in [0, 0.05) is 35.2 Å². The molecule has 8 heteroatoms. The minimum Gasteiger partial charge on any atom is -0.396 e. The van der Waals surface area contributed by atoms with Gasteiger partial charge in [-0.1, -0.05) is 31.1 Å². The summed E-state index contributed by atoms with van der Waals surface area (Å²) in [5.74, 6) is -2.97. The highest BCUT2D eigenvalue weighted by Gasteiger charge is 2.69. The van der Waals surface area contributed by atoms with Gasteiger partial charge in [0.2, 0.25) is 5.79 Å². The second-order valence-corrected chi connectivity index (χ2v) is 11.7. The molecule has 2 heterocycles. The molecule has 12 atom stereocenters. The van der Waals surface area contributed by atoms with Gasteiger partial charge in [-0.3, -0.25) is 4.79 Å². The second kappa shape index (κ2) is 7.68. The summed E-state index contributed by atoms with van der Waals surface area (Å²) in [6.07, 6.45) is 0.714. The number of rotatable bonds is 1. The number of hydrogen-bond donors (Lipinski definition) is 5. The number of Topliss-reactive ketones (excluding diaryl/α,β-unsaturated/α-hetero) is 1. The van der Waals surface area contributed by atoms with Crippen molar-refractivity contribution < 1.29 is 39.8 Å². The molecule has 0 radical (unpaired) electrons. The van der Waals surface area contributed by atoms with Crippen LogP contribution in [0.15, 0.2) is 22.8 Å². The van der Waals surface area contributed by atoms with Gasteiger partial charge >= 0.3 is 0 Å². The summed E-state index contributed by atoms with van der Waals surface area (Å²) in [5.41, 5.74) is 2.38. The van der Waals surface area contributed by atoms with E-state index in [1.807, 2.05) is 0 Å². The first-order valence-electron chi connectivity index (χ1n) is 12.8. The van der Waals surface area contributed by atoms with Crippen LogP contribution in [0.5, 0.6) is 0 Å². The van der Waals surface area contributed by atoms with Crippen molar-refractivity contribution in [3.8, 4) is 0 Å². The molecule has 1 spiro atoms. The lowest BCUT2D eigenvalue weighted by Crippen LogP contribution is -2.62. The lowest BCUT2D eigenvalue weighted by molar-refractivity contribution is -0.337. The molecule has 4 aliphatic carbocycles. The van der Waals surface area contributed by atoms with E-state index in [1.54, 1.807) is 6.92 Å². The summed E-state index contributed by atoms with van der Waals surface area (Å²) in [7, 11) is 0. The van der Waals surface area contributed by atoms with Crippen molar-refractivity contribution >= 4 is 5.78 Å². The number of aliphatic hydroxyl groups is 5. The van der Waals surface area contributed by atoms with Crippen molar-refractivity contribution in [2.24, 2.45) is 35.0 Å². The third kappa shape index (κ3) is 2.76. The summed E-state index contributed by atoms with van der Waals surface area (Å²) in [5, 5.41) is 53.1. The van der Waals surface area contributed by atoms with Gasteiger partial charge in [0.05, 0.1) is 31.5 Å². The van der Waals surface area contributed by atoms with E-state index in [1.165, 1.54) is 0 Å². The van der Waals surface area contributed by atoms with E-state index in [-0.39, 0.29) is 42.7 Å². The Labute approximate surface area is 199 Å². The zero-order chi connectivity index (χ0) is 24.2. The third-order valence-corrected chi connectivity index (χ3v) is 10.3. The fourth-order valence-corrected chi connectivity index (χ4v) is 8.39. The van der Waals surface area contributed by atoms with E-state index in [0.29, 0.717) is 25.7 Å². The van der Waals surface area contributed by atoms with Crippen LogP contribution in [0, 0.1) is 35.0 Å². The molecule has 0 aromatic rings. The molecular formula is C26H36O8. The first-order valence-corrected chi connectivity index (χ1v) is 12.8. The van der Waals surface area contributed by atoms with Crippen molar-refractivity contribution in [2.75, 3.05) is 13.2 Å². The van der Waals surface area contributed by atoms with Crippen LogP contribution >= 0.6 is 0 Å². The second-order valence-electron chi connectivity index (χ2n) is 11.7. The van der Waals surface area contributed by atoms with Crippen LogP contribution in [0.4, 0.5) is 0 Å². The van der Waals surface area contributed by atoms with Gasteiger partial charge in [-0.2, -0.15) is 0 Å². The highest BCUT2D eigenvalue weighted by molar-refractivity contribution is 6.04. The summed E-state index contributed by atoms with van der Waals surface area (Å²) < 4.78 is 12.2. The van der Waals surface area contributed by atoms with Crippen molar-refractivity contribution in [3.05, 3.63) is 22.8 Å². The molecule has 0 aromatic carbocycles. The topological polar surface area (TPSA) is 137 Å². The average molecular weight is 477 g/mol. The number of allylic oxidation sites excluding steroid dienone is 1. The maximum absolute atomic E-state index is 13.8. The van der Waals surface area contributed by atoms with Crippen LogP contribution in [0.2, 0.25) is 0 Å². The molecule has 0 aromatic heterocycles. The van der Waals surface area contributed by atoms with Crippen LogP contribution in [0.3, 0.4) is 0 Å². The number of ether oxygens (including phenoxy) is 2. The first kappa shape index (κ1) is 23.3. The molecule has 0 amide bonds. The molecule has 8 nitrogen and oxygen atoms in total. The minimum atomic E-state index is -1.59. The molecule has 3 fully saturated rings. The van der Waals surface area contributed by atoms with E-state index in [0.717, 1.165) is 23.1 Å². The van der Waals surface area contributed by atoms with Crippen molar-refractivity contribution in [1.29, 1.82) is 0 Å². The zero-order valence-corrected chi connectivity index (χ0v) is 19.8. The summed E-state index contributed by atoms with van der Waals surface area (Å²) >= 11 is 0. The molecule has 34 heavy (non-hydrogen) atoms. The average Bonchev–Trinajstić information content (AvgIpc) is 3.28. The molecule has 5 N–H and O–H groups in total. The SMILES string of the molecule is C[C@H]1CO[C@@]2(O[C@H]3C(=O)C4=C(CC[C@@H]5[C@@H]4CC=C4C[C@@H](O)C[C@@H](O)[C@@]45C)[C@H]3[C@@H]2CO)[C@H](O)[C@@H]1O. The Hall–Kier alpha value is -1.13. The van der Waals surface area contributed by atoms with E-state index in [2.05, 4.69) is 13.0 Å². The molecule has 6 aliphatic rings. The Morgan fingerprint density at radius 2 is 1.97 bits per heavy atom. The van der Waals surface area contributed by atoms with E-state index in [9.17, 15) is 30.3 Å². The standard InChI is InChI=1S/C26H36O8/c1-11-10-33-26(24(32)21(11)30)17(9-27)20-15-5-6-16-14(19(15)22(31)23(20)34-26)4-3-12-7-13(28)8-18(29)25(12,16)2/h3,11,13-14,16-18,20-21,23-24,27-30,32H,4-10H2,1-2H3/t11-,13+,14-,16+,17-,18+,20-,21+,23+,24+,25-,26-/m0/s1. The Morgan fingerprint density at radius 3 is 2.71 bits per heavy atom. The Balaban J connectivity index is 1.38. The predicted molar refractivity (Wildman–Crippen MR) is 119 cm³/mol. The van der Waals surface area contributed by atoms with E-state index < -0.39 is 47.6 Å². The van der Waals surface area contributed by atoms with Crippen LogP contribution in [-0.2, 0) is 14.3 Å². The highest BCUT2D eigenvalue weighted by atomic mass is 16.7. The van der Waals surface area contributed by atoms with Crippen LogP contribution in [-0.4, -0.2) is 80.8 Å². The molecule has 6 rings (SSSR count). The van der Waals surface area contributed by atoms with Crippen LogP contribution < -0.4 is 0 Å². The van der Waals surface area contributed by atoms with Crippen molar-refractivity contribution in [1.82, 2.24) is 0 Å². The van der Waals surface area contributed by atoms with Gasteiger partial charge in [0.15, 0.2) is 5.78 Å². The Morgan fingerprint density at radius 1 is 1.21 bits per heavy atom. The quantitative estimate of drug-likeness (QED) is 0.344. The zero-order valence-electron chi connectivity index (χ0n) is 19.8. The number of ketones is 1. The maximum atomic E-state index is 13.8. The molecule has 2 aliphatic heterocycles. The molecule has 2 saturated heterocycles. The van der Waals surface area contributed by atoms with Gasteiger partial charge in [-0.05, 0) is 37.5 Å². The maximum Gasteiger partial charge on any atom is 0.203 e. The molecule has 188 valence electrons. The van der Waals surface area contributed by atoms with Crippen molar-refractivity contribution in [2.45, 2.75) is 82.3 Å². The van der Waals surface area contributed by atoms with Gasteiger partial charge in [0.25, 0.3) is 0 Å². The fraction of sp³-hybridized carbons (Fsp3) is 0.808. The van der Waals surface area contributed by atoms with Crippen LogP contribution in [0.25, 0.3) is 0 Å². The number of fused-ring (bicyclic) bond motifs is 6. The molecular weight excluding hydrogens is 440 g/mol. The van der Waals surface area contributed by atoms with Gasteiger partial charge in [0.1, 0.15) is 12.2 Å². The summed E-state index contributed by atoms with van der Waals surface area (Å²) in [4.78, 5) is 13.8. The van der Waals surface area contributed by atoms with Crippen molar-refractivity contribution in [3.63, 3.8) is 0 Å². The molecule has 1 saturated carbocycles. The monoisotopic (exact) mass is 476 g/mol. The number of hydrogen-bond acceptors (Lipinski definition) is 8. The predicted octanol–water partition coefficient (Wildman–Crippen LogP) is 0.452. The third-order valence-electron chi connectivity index (χ3n) is 10.3. The fourth-order valence-electron chi connectivity index (χ4n) is 8.39.